The van der Waals surface area contributed by atoms with Crippen LogP contribution in [-0.2, 0) is 0 Å². The summed E-state index contributed by atoms with van der Waals surface area (Å²) in [5.74, 6) is 2.43. The molecule has 0 fully saturated rings. The number of fused-ring (bicyclic) bond motifs is 9. The van der Waals surface area contributed by atoms with Crippen molar-refractivity contribution >= 4 is 109 Å². The van der Waals surface area contributed by atoms with Crippen molar-refractivity contribution < 1.29 is 12.3 Å². The summed E-state index contributed by atoms with van der Waals surface area (Å²) in [5.41, 5.74) is 19.3. The Labute approximate surface area is 580 Å². The maximum atomic E-state index is 5.90. The number of hydrogen-bond acceptors (Lipinski definition) is 7. The van der Waals surface area contributed by atoms with E-state index in [-0.39, 0.29) is 5.92 Å². The third-order valence-electron chi connectivity index (χ3n) is 18.3. The molecule has 10 heteroatoms. The molecule has 9 nitrogen and oxygen atoms in total. The molecule has 0 amide bonds. The average molecular weight is 1290 g/mol. The number of methoxy groups -OCH3 is 1. The number of pyridine rings is 3. The van der Waals surface area contributed by atoms with E-state index in [9.17, 15) is 0 Å². The lowest BCUT2D eigenvalue weighted by atomic mass is 9.84. The smallest absolute Gasteiger partial charge is 0.613 e. The second kappa shape index (κ2) is 28.0. The number of aromatic nitrogens is 5. The molecule has 0 aliphatic heterocycles. The summed E-state index contributed by atoms with van der Waals surface area (Å²) in [5, 5.41) is 8.21. The van der Waals surface area contributed by atoms with Crippen molar-refractivity contribution in [2.45, 2.75) is 5.92 Å². The van der Waals surface area contributed by atoms with Crippen LogP contribution in [0, 0.1) is 0 Å². The normalized spacial score (nSPS) is 11.4. The molecule has 0 aliphatic rings. The van der Waals surface area contributed by atoms with Gasteiger partial charge in [0.15, 0.2) is 0 Å². The molecule has 5 aromatic heterocycles. The standard InChI is InChI=1S/C61H43N3.C10H9NO.2C9H7NO.Al.H/c1-5-17-45(18-6-1)61(47-35-39-59-55(41-47)53-25-13-15-27-57(53)63(59)49-21-9-3-10-22-49)46-31-29-43(30-32-46)44-33-36-51(37-34-44)62(48-19-7-2-8-20-48)52-38-40-60-56(42-52)54-26-14-16-28-58(54)64(60)50-23-11-4-12-24-50;1-12-9-6-2-4-8-5-3-7-11-10(8)9;2*11-8-5-1-3-7-4-2-6-10-9(7)8;;/h1-42,61H;2-7H,1H3;2*1-6,11H;;/q;;;;+2;/p-2. The van der Waals surface area contributed by atoms with E-state index >= 15 is 0 Å². The molecule has 472 valence electrons. The molecule has 18 aromatic rings. The minimum Gasteiger partial charge on any atom is -0.613 e. The Kier molecular flexibility index (Phi) is 17.3. The molecule has 0 saturated heterocycles. The fraction of sp³-hybridized carbons (Fsp3) is 0.0225. The molecular formula is C89H65AlN6O3. The van der Waals surface area contributed by atoms with Gasteiger partial charge in [0, 0.05) is 90.6 Å². The Hall–Kier alpha value is -12.6. The highest BCUT2D eigenvalue weighted by Crippen LogP contribution is 2.42. The van der Waals surface area contributed by atoms with Crippen LogP contribution in [0.25, 0.3) is 98.8 Å². The lowest BCUT2D eigenvalue weighted by molar-refractivity contribution is 0.419. The van der Waals surface area contributed by atoms with Crippen LogP contribution >= 0.6 is 0 Å². The number of nitrogens with zero attached hydrogens (tertiary/aromatic N) is 6. The van der Waals surface area contributed by atoms with Crippen LogP contribution in [0.15, 0.2) is 364 Å². The topological polar surface area (TPSA) is 79.5 Å². The number of ether oxygens (including phenoxy) is 1. The Morgan fingerprint density at radius 3 is 1.21 bits per heavy atom. The quantitative estimate of drug-likeness (QED) is 0.0793. The van der Waals surface area contributed by atoms with Crippen molar-refractivity contribution in [3.05, 3.63) is 381 Å². The molecule has 1 atom stereocenters. The Morgan fingerprint density at radius 2 is 0.687 bits per heavy atom. The van der Waals surface area contributed by atoms with Gasteiger partial charge in [0.05, 0.1) is 29.2 Å². The molecule has 1 unspecified atom stereocenters. The molecular weight excluding hydrogens is 1230 g/mol. The highest BCUT2D eigenvalue weighted by atomic mass is 27.2. The zero-order valence-electron chi connectivity index (χ0n) is 54.3. The monoisotopic (exact) mass is 1290 g/mol. The second-order valence-corrected chi connectivity index (χ2v) is 25.0. The average Bonchev–Trinajstić information content (AvgIpc) is 1.17. The van der Waals surface area contributed by atoms with E-state index in [1.807, 2.05) is 91.0 Å². The molecule has 0 spiro atoms. The van der Waals surface area contributed by atoms with Crippen molar-refractivity contribution in [1.82, 2.24) is 24.1 Å². The first-order valence-electron chi connectivity index (χ1n) is 33.2. The van der Waals surface area contributed by atoms with E-state index in [1.54, 1.807) is 25.7 Å². The second-order valence-electron chi connectivity index (χ2n) is 24.1. The third kappa shape index (κ3) is 12.5. The van der Waals surface area contributed by atoms with Crippen LogP contribution < -0.4 is 17.2 Å². The number of hydrogen-bond donors (Lipinski definition) is 0. The summed E-state index contributed by atoms with van der Waals surface area (Å²) >= 11 is -1.24. The minimum absolute atomic E-state index is 0.0688. The first-order chi connectivity index (χ1) is 49.1. The predicted octanol–water partition coefficient (Wildman–Crippen LogP) is 21.9. The van der Waals surface area contributed by atoms with Gasteiger partial charge in [-0.25, -0.2) is 0 Å². The van der Waals surface area contributed by atoms with Crippen molar-refractivity contribution in [3.8, 4) is 39.8 Å². The highest BCUT2D eigenvalue weighted by molar-refractivity contribution is 6.22. The largest absolute Gasteiger partial charge is 0.832 e. The molecule has 0 aliphatic carbocycles. The molecule has 99 heavy (non-hydrogen) atoms. The van der Waals surface area contributed by atoms with Gasteiger partial charge in [-0.2, -0.15) is 0 Å². The van der Waals surface area contributed by atoms with Gasteiger partial charge >= 0.3 is 15.9 Å². The lowest BCUT2D eigenvalue weighted by Gasteiger charge is -2.26. The molecule has 0 saturated carbocycles. The summed E-state index contributed by atoms with van der Waals surface area (Å²) < 4.78 is 21.7. The number of benzene rings is 13. The van der Waals surface area contributed by atoms with Crippen LogP contribution in [0.3, 0.4) is 0 Å². The highest BCUT2D eigenvalue weighted by Gasteiger charge is 2.22. The van der Waals surface area contributed by atoms with E-state index in [1.165, 1.54) is 77.1 Å². The summed E-state index contributed by atoms with van der Waals surface area (Å²) in [4.78, 5) is 15.4. The van der Waals surface area contributed by atoms with Crippen molar-refractivity contribution in [1.29, 1.82) is 0 Å². The van der Waals surface area contributed by atoms with Crippen molar-refractivity contribution in [2.75, 3.05) is 12.0 Å². The van der Waals surface area contributed by atoms with Gasteiger partial charge in [0.1, 0.15) is 33.8 Å². The maximum absolute atomic E-state index is 5.90. The predicted molar refractivity (Wildman–Crippen MR) is 409 cm³/mol. The summed E-state index contributed by atoms with van der Waals surface area (Å²) in [6, 6.07) is 122. The van der Waals surface area contributed by atoms with Gasteiger partial charge in [0.25, 0.3) is 0 Å². The van der Waals surface area contributed by atoms with E-state index < -0.39 is 15.9 Å². The van der Waals surface area contributed by atoms with Gasteiger partial charge in [-0.3, -0.25) is 15.0 Å². The number of para-hydroxylation sites is 8. The van der Waals surface area contributed by atoms with Gasteiger partial charge in [-0.1, -0.05) is 218 Å². The van der Waals surface area contributed by atoms with E-state index in [0.717, 1.165) is 72.7 Å². The first-order valence-corrected chi connectivity index (χ1v) is 34.3. The third-order valence-corrected chi connectivity index (χ3v) is 19.1. The SMILES string of the molecule is COc1cccc2cccnc12.c1ccc(C(c2ccc(-c3ccc(N(c4ccccc4)c4ccc5c(c4)c4ccccc4n5-c4ccccc4)cc3)cc2)c2ccc3c(c2)c2ccccc2n3-c2ccccc2)cc1.c1cnc2c([O][AlH][O]c3cccc4cccnc34)cccc2c1. The summed E-state index contributed by atoms with van der Waals surface area (Å²) in [6.45, 7) is 0. The lowest BCUT2D eigenvalue weighted by Crippen LogP contribution is -2.11. The fourth-order valence-electron chi connectivity index (χ4n) is 13.7. The Bertz CT molecular complexity index is 5500. The minimum atomic E-state index is -1.24. The maximum Gasteiger partial charge on any atom is 0.832 e. The van der Waals surface area contributed by atoms with Crippen LogP contribution in [0.5, 0.6) is 17.2 Å². The summed E-state index contributed by atoms with van der Waals surface area (Å²) in [7, 11) is 1.66. The van der Waals surface area contributed by atoms with Crippen LogP contribution in [0.1, 0.15) is 22.6 Å². The molecule has 18 rings (SSSR count). The number of rotatable bonds is 14. The van der Waals surface area contributed by atoms with Gasteiger partial charge in [-0.05, 0) is 155 Å². The van der Waals surface area contributed by atoms with Gasteiger partial charge < -0.3 is 26.3 Å². The van der Waals surface area contributed by atoms with Gasteiger partial charge in [0.2, 0.25) is 0 Å². The Morgan fingerprint density at radius 1 is 0.303 bits per heavy atom. The zero-order chi connectivity index (χ0) is 66.3. The van der Waals surface area contributed by atoms with Crippen LogP contribution in [0.4, 0.5) is 17.1 Å². The Balaban J connectivity index is 0.000000177. The molecule has 0 radical (unpaired) electrons. The number of anilines is 3. The van der Waals surface area contributed by atoms with E-state index in [4.69, 9.17) is 12.3 Å². The van der Waals surface area contributed by atoms with Crippen molar-refractivity contribution in [3.63, 3.8) is 0 Å². The molecule has 5 heterocycles. The molecule has 0 bridgehead atoms. The summed E-state index contributed by atoms with van der Waals surface area (Å²) in [6.07, 6.45) is 5.31. The van der Waals surface area contributed by atoms with Crippen molar-refractivity contribution in [2.24, 2.45) is 0 Å². The van der Waals surface area contributed by atoms with Crippen LogP contribution in [-0.4, -0.2) is 47.1 Å². The van der Waals surface area contributed by atoms with Gasteiger partial charge in [-0.15, -0.1) is 0 Å². The molecule has 0 N–H and O–H groups in total. The fourth-order valence-corrected chi connectivity index (χ4v) is 14.5. The first kappa shape index (κ1) is 61.3. The van der Waals surface area contributed by atoms with Crippen LogP contribution in [0.2, 0.25) is 0 Å². The molecule has 13 aromatic carbocycles. The zero-order valence-corrected chi connectivity index (χ0v) is 55.7. The van der Waals surface area contributed by atoms with E-state index in [0.29, 0.717) is 0 Å². The van der Waals surface area contributed by atoms with E-state index in [2.05, 4.69) is 284 Å².